The van der Waals surface area contributed by atoms with Crippen LogP contribution in [-0.4, -0.2) is 44.2 Å². The number of nitrogens with zero attached hydrogens (tertiary/aromatic N) is 1. The molecule has 2 aromatic carbocycles. The maximum atomic E-state index is 13.7. The van der Waals surface area contributed by atoms with Gasteiger partial charge in [0.2, 0.25) is 15.9 Å². The van der Waals surface area contributed by atoms with E-state index in [-0.39, 0.29) is 22.2 Å². The standard InChI is InChI=1S/C21H24FN3O5S/c1-5-17-21(27)24-16-8-13(3)19(10-18(16)30-17)31(28,29)25(4)11-20(26)23-14-7-6-12(2)15(22)9-14/h6-10,17H,5,11H2,1-4H3,(H,23,26)(H,24,27)/t17-/m0/s1. The number of hydrogen-bond donors (Lipinski definition) is 2. The van der Waals surface area contributed by atoms with Crippen LogP contribution in [0.2, 0.25) is 0 Å². The lowest BCUT2D eigenvalue weighted by Crippen LogP contribution is -2.37. The molecule has 0 radical (unpaired) electrons. The largest absolute Gasteiger partial charge is 0.478 e. The molecule has 10 heteroatoms. The Bertz CT molecular complexity index is 1150. The van der Waals surface area contributed by atoms with Gasteiger partial charge >= 0.3 is 0 Å². The molecule has 0 bridgehead atoms. The van der Waals surface area contributed by atoms with Crippen molar-refractivity contribution in [2.45, 2.75) is 38.2 Å². The van der Waals surface area contributed by atoms with Gasteiger partial charge in [-0.15, -0.1) is 0 Å². The van der Waals surface area contributed by atoms with E-state index in [0.29, 0.717) is 23.2 Å². The van der Waals surface area contributed by atoms with Gasteiger partial charge in [0.1, 0.15) is 11.6 Å². The minimum Gasteiger partial charge on any atom is -0.478 e. The second kappa shape index (κ2) is 8.64. The molecule has 0 unspecified atom stereocenters. The minimum atomic E-state index is -4.04. The fourth-order valence-corrected chi connectivity index (χ4v) is 4.50. The van der Waals surface area contributed by atoms with Crippen molar-refractivity contribution in [3.8, 4) is 5.75 Å². The molecule has 31 heavy (non-hydrogen) atoms. The Kier molecular flexibility index (Phi) is 6.33. The van der Waals surface area contributed by atoms with Gasteiger partial charge in [0, 0.05) is 18.8 Å². The molecule has 3 rings (SSSR count). The highest BCUT2D eigenvalue weighted by Crippen LogP contribution is 2.35. The predicted molar refractivity (Wildman–Crippen MR) is 114 cm³/mol. The van der Waals surface area contributed by atoms with Crippen molar-refractivity contribution in [3.63, 3.8) is 0 Å². The quantitative estimate of drug-likeness (QED) is 0.706. The summed E-state index contributed by atoms with van der Waals surface area (Å²) in [4.78, 5) is 24.3. The average Bonchev–Trinajstić information content (AvgIpc) is 2.69. The minimum absolute atomic E-state index is 0.0334. The number of sulfonamides is 1. The molecule has 1 aliphatic heterocycles. The zero-order chi connectivity index (χ0) is 22.9. The molecule has 0 aromatic heterocycles. The molecule has 0 saturated carbocycles. The first-order valence-corrected chi connectivity index (χ1v) is 11.1. The number of fused-ring (bicyclic) bond motifs is 1. The van der Waals surface area contributed by atoms with Crippen molar-refractivity contribution in [1.82, 2.24) is 4.31 Å². The van der Waals surface area contributed by atoms with Crippen molar-refractivity contribution in [1.29, 1.82) is 0 Å². The predicted octanol–water partition coefficient (Wildman–Crippen LogP) is 2.81. The van der Waals surface area contributed by atoms with Gasteiger partial charge in [-0.25, -0.2) is 12.8 Å². The summed E-state index contributed by atoms with van der Waals surface area (Å²) >= 11 is 0. The van der Waals surface area contributed by atoms with Gasteiger partial charge in [-0.2, -0.15) is 4.31 Å². The zero-order valence-corrected chi connectivity index (χ0v) is 18.5. The van der Waals surface area contributed by atoms with Crippen molar-refractivity contribution in [3.05, 3.63) is 47.3 Å². The SMILES string of the molecule is CC[C@@H]1Oc2cc(S(=O)(=O)N(C)CC(=O)Nc3ccc(C)c(F)c3)c(C)cc2NC1=O. The van der Waals surface area contributed by atoms with Crippen molar-refractivity contribution in [2.24, 2.45) is 0 Å². The molecule has 0 saturated heterocycles. The van der Waals surface area contributed by atoms with Gasteiger partial charge in [0.25, 0.3) is 5.91 Å². The summed E-state index contributed by atoms with van der Waals surface area (Å²) in [5, 5.41) is 5.20. The number of nitrogens with one attached hydrogen (secondary N) is 2. The van der Waals surface area contributed by atoms with Crippen LogP contribution in [0.4, 0.5) is 15.8 Å². The molecule has 8 nitrogen and oxygen atoms in total. The van der Waals surface area contributed by atoms with Crippen LogP contribution in [-0.2, 0) is 19.6 Å². The summed E-state index contributed by atoms with van der Waals surface area (Å²) in [7, 11) is -2.76. The van der Waals surface area contributed by atoms with Gasteiger partial charge < -0.3 is 15.4 Å². The molecule has 2 N–H and O–H groups in total. The normalized spacial score (nSPS) is 15.8. The second-order valence-electron chi connectivity index (χ2n) is 7.39. The maximum absolute atomic E-state index is 13.7. The van der Waals surface area contributed by atoms with Crippen LogP contribution in [0.25, 0.3) is 0 Å². The van der Waals surface area contributed by atoms with E-state index in [1.807, 2.05) is 0 Å². The molecular formula is C21H24FN3O5S. The van der Waals surface area contributed by atoms with Gasteiger partial charge in [0.05, 0.1) is 17.1 Å². The number of ether oxygens (including phenoxy) is 1. The van der Waals surface area contributed by atoms with Crippen molar-refractivity contribution < 1.29 is 27.1 Å². The third kappa shape index (κ3) is 4.70. The Labute approximate surface area is 180 Å². The number of rotatable bonds is 6. The molecule has 1 atom stereocenters. The lowest BCUT2D eigenvalue weighted by molar-refractivity contribution is -0.123. The molecule has 0 fully saturated rings. The summed E-state index contributed by atoms with van der Waals surface area (Å²) in [5.74, 6) is -1.12. The van der Waals surface area contributed by atoms with Crippen LogP contribution >= 0.6 is 0 Å². The highest BCUT2D eigenvalue weighted by atomic mass is 32.2. The Morgan fingerprint density at radius 3 is 2.58 bits per heavy atom. The first-order chi connectivity index (χ1) is 14.5. The number of anilines is 2. The number of amides is 2. The van der Waals surface area contributed by atoms with Crippen LogP contribution in [0.3, 0.4) is 0 Å². The summed E-state index contributed by atoms with van der Waals surface area (Å²) in [5.41, 5.74) is 1.46. The van der Waals surface area contributed by atoms with E-state index in [9.17, 15) is 22.4 Å². The van der Waals surface area contributed by atoms with Crippen LogP contribution < -0.4 is 15.4 Å². The highest BCUT2D eigenvalue weighted by Gasteiger charge is 2.31. The van der Waals surface area contributed by atoms with Gasteiger partial charge in [-0.05, 0) is 49.6 Å². The van der Waals surface area contributed by atoms with E-state index < -0.39 is 34.4 Å². The third-order valence-electron chi connectivity index (χ3n) is 4.98. The summed E-state index contributed by atoms with van der Waals surface area (Å²) in [6.07, 6.45) is -0.273. The van der Waals surface area contributed by atoms with Crippen LogP contribution in [0, 0.1) is 19.7 Å². The van der Waals surface area contributed by atoms with E-state index in [2.05, 4.69) is 10.6 Å². The van der Waals surface area contributed by atoms with E-state index >= 15 is 0 Å². The molecule has 0 aliphatic carbocycles. The van der Waals surface area contributed by atoms with E-state index in [0.717, 1.165) is 4.31 Å². The Hall–Kier alpha value is -2.98. The summed E-state index contributed by atoms with van der Waals surface area (Å²) in [6, 6.07) is 7.10. The average molecular weight is 450 g/mol. The summed E-state index contributed by atoms with van der Waals surface area (Å²) in [6.45, 7) is 4.51. The number of benzene rings is 2. The number of likely N-dealkylation sites (N-methyl/N-ethyl adjacent to an activating group) is 1. The Morgan fingerprint density at radius 2 is 1.94 bits per heavy atom. The molecule has 1 heterocycles. The van der Waals surface area contributed by atoms with Crippen LogP contribution in [0.5, 0.6) is 5.75 Å². The number of carbonyl (C=O) groups is 2. The fourth-order valence-electron chi connectivity index (χ4n) is 3.16. The third-order valence-corrected chi connectivity index (χ3v) is 6.92. The Balaban J connectivity index is 1.79. The number of halogens is 1. The van der Waals surface area contributed by atoms with Gasteiger partial charge in [-0.3, -0.25) is 9.59 Å². The van der Waals surface area contributed by atoms with Crippen molar-refractivity contribution >= 4 is 33.2 Å². The zero-order valence-electron chi connectivity index (χ0n) is 17.7. The topological polar surface area (TPSA) is 105 Å². The molecule has 166 valence electrons. The lowest BCUT2D eigenvalue weighted by atomic mass is 10.1. The second-order valence-corrected chi connectivity index (χ2v) is 9.40. The smallest absolute Gasteiger partial charge is 0.265 e. The van der Waals surface area contributed by atoms with E-state index in [4.69, 9.17) is 4.74 Å². The molecule has 1 aliphatic rings. The number of hydrogen-bond acceptors (Lipinski definition) is 5. The molecule has 2 aromatic rings. The molecule has 2 amide bonds. The van der Waals surface area contributed by atoms with Gasteiger partial charge in [-0.1, -0.05) is 13.0 Å². The highest BCUT2D eigenvalue weighted by molar-refractivity contribution is 7.89. The fraction of sp³-hybridized carbons (Fsp3) is 0.333. The lowest BCUT2D eigenvalue weighted by Gasteiger charge is -2.27. The molecule has 0 spiro atoms. The van der Waals surface area contributed by atoms with E-state index in [1.54, 1.807) is 20.8 Å². The number of aryl methyl sites for hydroxylation is 2. The number of carbonyl (C=O) groups excluding carboxylic acids is 2. The first-order valence-electron chi connectivity index (χ1n) is 9.67. The van der Waals surface area contributed by atoms with Crippen LogP contribution in [0.15, 0.2) is 35.2 Å². The van der Waals surface area contributed by atoms with Gasteiger partial charge in [0.15, 0.2) is 6.10 Å². The monoisotopic (exact) mass is 449 g/mol. The molecular weight excluding hydrogens is 425 g/mol. The van der Waals surface area contributed by atoms with E-state index in [1.165, 1.54) is 37.4 Å². The first kappa shape index (κ1) is 22.7. The Morgan fingerprint density at radius 1 is 1.23 bits per heavy atom. The van der Waals surface area contributed by atoms with Crippen LogP contribution in [0.1, 0.15) is 24.5 Å². The maximum Gasteiger partial charge on any atom is 0.265 e. The van der Waals surface area contributed by atoms with Crippen molar-refractivity contribution in [2.75, 3.05) is 24.2 Å². The summed E-state index contributed by atoms with van der Waals surface area (Å²) < 4.78 is 46.4.